The molecule has 3 rings (SSSR count). The summed E-state index contributed by atoms with van der Waals surface area (Å²) in [5.74, 6) is 0. The molecule has 0 bridgehead atoms. The van der Waals surface area contributed by atoms with Gasteiger partial charge in [0.2, 0.25) is 0 Å². The molecule has 0 spiro atoms. The summed E-state index contributed by atoms with van der Waals surface area (Å²) >= 11 is 0. The van der Waals surface area contributed by atoms with Gasteiger partial charge in [-0.05, 0) is 39.5 Å². The molecule has 2 saturated heterocycles. The van der Waals surface area contributed by atoms with Crippen molar-refractivity contribution in [2.75, 3.05) is 26.2 Å². The number of nitrogens with zero attached hydrogens (tertiary/aromatic N) is 3. The van der Waals surface area contributed by atoms with Crippen LogP contribution in [0.2, 0.25) is 0 Å². The fraction of sp³-hybridized carbons (Fsp3) is 0.778. The summed E-state index contributed by atoms with van der Waals surface area (Å²) in [5.41, 5.74) is 1.17. The van der Waals surface area contributed by atoms with Gasteiger partial charge in [-0.3, -0.25) is 4.68 Å². The largest absolute Gasteiger partial charge is 0.372 e. The highest BCUT2D eigenvalue weighted by molar-refractivity contribution is 5.74. The number of likely N-dealkylation sites (tertiary alicyclic amines) is 1. The predicted molar refractivity (Wildman–Crippen MR) is 96.4 cm³/mol. The molecule has 0 radical (unpaired) electrons. The van der Waals surface area contributed by atoms with Crippen LogP contribution >= 0.6 is 0 Å². The molecule has 7 heteroatoms. The number of aromatic nitrogens is 2. The summed E-state index contributed by atoms with van der Waals surface area (Å²) in [4.78, 5) is 13.8. The van der Waals surface area contributed by atoms with Crippen LogP contribution in [0.5, 0.6) is 0 Å². The van der Waals surface area contributed by atoms with E-state index in [2.05, 4.69) is 28.9 Å². The zero-order valence-electron chi connectivity index (χ0n) is 15.4. The van der Waals surface area contributed by atoms with E-state index in [1.807, 2.05) is 22.7 Å². The molecule has 2 fully saturated rings. The minimum Gasteiger partial charge on any atom is -0.372 e. The van der Waals surface area contributed by atoms with Crippen molar-refractivity contribution >= 4 is 6.03 Å². The Kier molecular flexibility index (Phi) is 6.31. The highest BCUT2D eigenvalue weighted by atomic mass is 16.5. The second-order valence-electron chi connectivity index (χ2n) is 6.93. The molecule has 2 aliphatic rings. The fourth-order valence-corrected chi connectivity index (χ4v) is 3.79. The number of urea groups is 1. The molecule has 0 aliphatic carbocycles. The number of hydrogen-bond acceptors (Lipinski definition) is 4. The molecular weight excluding hydrogens is 318 g/mol. The maximum absolute atomic E-state index is 11.9. The van der Waals surface area contributed by atoms with E-state index in [0.29, 0.717) is 18.6 Å². The van der Waals surface area contributed by atoms with E-state index >= 15 is 0 Å². The van der Waals surface area contributed by atoms with Crippen molar-refractivity contribution in [3.05, 3.63) is 18.0 Å². The van der Waals surface area contributed by atoms with Gasteiger partial charge in [-0.25, -0.2) is 4.79 Å². The Morgan fingerprint density at radius 1 is 1.32 bits per heavy atom. The molecule has 3 heterocycles. The topological polar surface area (TPSA) is 71.4 Å². The molecule has 0 unspecified atom stereocenters. The molecule has 140 valence electrons. The lowest BCUT2D eigenvalue weighted by atomic mass is 9.95. The first-order valence-electron chi connectivity index (χ1n) is 9.64. The van der Waals surface area contributed by atoms with E-state index in [1.54, 1.807) is 0 Å². The normalized spacial score (nSPS) is 25.1. The van der Waals surface area contributed by atoms with Crippen LogP contribution in [0, 0.1) is 0 Å². The van der Waals surface area contributed by atoms with Gasteiger partial charge in [-0.1, -0.05) is 0 Å². The first-order chi connectivity index (χ1) is 12.2. The molecule has 0 saturated carbocycles. The lowest BCUT2D eigenvalue weighted by Gasteiger charge is -2.38. The Morgan fingerprint density at radius 2 is 2.12 bits per heavy atom. The molecule has 1 aromatic heterocycles. The van der Waals surface area contributed by atoms with Crippen LogP contribution in [0.1, 0.15) is 51.2 Å². The molecule has 1 aromatic rings. The van der Waals surface area contributed by atoms with E-state index in [0.717, 1.165) is 51.9 Å². The van der Waals surface area contributed by atoms with E-state index in [-0.39, 0.29) is 12.1 Å². The smallest absolute Gasteiger partial charge is 0.317 e. The molecule has 25 heavy (non-hydrogen) atoms. The lowest BCUT2D eigenvalue weighted by Crippen LogP contribution is -2.52. The van der Waals surface area contributed by atoms with Gasteiger partial charge < -0.3 is 20.3 Å². The highest BCUT2D eigenvalue weighted by Crippen LogP contribution is 2.29. The van der Waals surface area contributed by atoms with Crippen molar-refractivity contribution in [2.45, 2.75) is 64.3 Å². The van der Waals surface area contributed by atoms with Gasteiger partial charge in [0.25, 0.3) is 0 Å². The van der Waals surface area contributed by atoms with Crippen molar-refractivity contribution in [1.29, 1.82) is 0 Å². The Morgan fingerprint density at radius 3 is 2.80 bits per heavy atom. The number of nitrogens with one attached hydrogen (secondary N) is 2. The Hall–Kier alpha value is -1.60. The second kappa shape index (κ2) is 8.67. The van der Waals surface area contributed by atoms with Crippen molar-refractivity contribution in [2.24, 2.45) is 0 Å². The fourth-order valence-electron chi connectivity index (χ4n) is 3.79. The number of hydrogen-bond donors (Lipinski definition) is 2. The number of amides is 2. The lowest BCUT2D eigenvalue weighted by molar-refractivity contribution is -0.0158. The molecule has 2 N–H and O–H groups in total. The first-order valence-corrected chi connectivity index (χ1v) is 9.64. The number of piperidine rings is 1. The summed E-state index contributed by atoms with van der Waals surface area (Å²) in [6.07, 6.45) is 8.32. The number of carbonyl (C=O) groups is 1. The molecule has 7 nitrogen and oxygen atoms in total. The van der Waals surface area contributed by atoms with Crippen molar-refractivity contribution < 1.29 is 9.53 Å². The molecule has 2 amide bonds. The highest BCUT2D eigenvalue weighted by Gasteiger charge is 2.31. The van der Waals surface area contributed by atoms with E-state index in [4.69, 9.17) is 4.74 Å². The summed E-state index contributed by atoms with van der Waals surface area (Å²) < 4.78 is 8.03. The van der Waals surface area contributed by atoms with Gasteiger partial charge in [-0.2, -0.15) is 5.10 Å². The summed E-state index contributed by atoms with van der Waals surface area (Å²) in [6.45, 7) is 8.06. The van der Waals surface area contributed by atoms with E-state index in [1.165, 1.54) is 5.56 Å². The van der Waals surface area contributed by atoms with Gasteiger partial charge in [-0.15, -0.1) is 0 Å². The first kappa shape index (κ1) is 18.2. The number of rotatable bonds is 5. The summed E-state index contributed by atoms with van der Waals surface area (Å²) in [6, 6.07) is 0.831. The standard InChI is InChI=1S/C18H31N5O2/c1-3-19-18(24)22-9-7-15(8-10-22)21-16-6-5-11-25-17(16)14-12-20-23(4-2)13-14/h12-13,15-17,21H,3-11H2,1-2H3,(H,19,24)/t16-,17+/m0/s1. The van der Waals surface area contributed by atoms with Crippen LogP contribution in [0.15, 0.2) is 12.4 Å². The maximum Gasteiger partial charge on any atom is 0.317 e. The number of carbonyl (C=O) groups excluding carboxylic acids is 1. The average Bonchev–Trinajstić information content (AvgIpc) is 3.12. The molecular formula is C18H31N5O2. The average molecular weight is 349 g/mol. The van der Waals surface area contributed by atoms with Crippen molar-refractivity contribution in [3.63, 3.8) is 0 Å². The molecule has 2 aliphatic heterocycles. The Bertz CT molecular complexity index is 553. The van der Waals surface area contributed by atoms with Gasteiger partial charge in [0.1, 0.15) is 6.10 Å². The quantitative estimate of drug-likeness (QED) is 0.852. The second-order valence-corrected chi connectivity index (χ2v) is 6.93. The minimum atomic E-state index is 0.0619. The van der Waals surface area contributed by atoms with E-state index in [9.17, 15) is 4.79 Å². The Balaban J connectivity index is 1.55. The van der Waals surface area contributed by atoms with Gasteiger partial charge in [0.05, 0.1) is 6.20 Å². The molecule has 0 aromatic carbocycles. The Labute approximate surface area is 150 Å². The van der Waals surface area contributed by atoms with Gasteiger partial charge in [0, 0.05) is 56.6 Å². The maximum atomic E-state index is 11.9. The van der Waals surface area contributed by atoms with E-state index < -0.39 is 0 Å². The summed E-state index contributed by atoms with van der Waals surface area (Å²) in [5, 5.41) is 11.1. The third-order valence-corrected chi connectivity index (χ3v) is 5.19. The zero-order chi connectivity index (χ0) is 17.6. The predicted octanol–water partition coefficient (Wildman–Crippen LogP) is 1.91. The van der Waals surface area contributed by atoms with Gasteiger partial charge >= 0.3 is 6.03 Å². The van der Waals surface area contributed by atoms with Crippen LogP contribution in [0.3, 0.4) is 0 Å². The molecule has 2 atom stereocenters. The van der Waals surface area contributed by atoms with Crippen LogP contribution in [0.4, 0.5) is 4.79 Å². The van der Waals surface area contributed by atoms with Crippen LogP contribution in [0.25, 0.3) is 0 Å². The van der Waals surface area contributed by atoms with Crippen LogP contribution in [-0.4, -0.2) is 59.0 Å². The third-order valence-electron chi connectivity index (χ3n) is 5.19. The van der Waals surface area contributed by atoms with Crippen LogP contribution < -0.4 is 10.6 Å². The third kappa shape index (κ3) is 4.52. The SMILES string of the molecule is CCNC(=O)N1CCC(N[C@H]2CCCO[C@@H]2c2cnn(CC)c2)CC1. The van der Waals surface area contributed by atoms with Crippen molar-refractivity contribution in [1.82, 2.24) is 25.3 Å². The monoisotopic (exact) mass is 349 g/mol. The minimum absolute atomic E-state index is 0.0619. The zero-order valence-corrected chi connectivity index (χ0v) is 15.4. The van der Waals surface area contributed by atoms with Crippen LogP contribution in [-0.2, 0) is 11.3 Å². The van der Waals surface area contributed by atoms with Crippen molar-refractivity contribution in [3.8, 4) is 0 Å². The summed E-state index contributed by atoms with van der Waals surface area (Å²) in [7, 11) is 0. The number of ether oxygens (including phenoxy) is 1. The number of aryl methyl sites for hydroxylation is 1. The van der Waals surface area contributed by atoms with Gasteiger partial charge in [0.15, 0.2) is 0 Å².